The van der Waals surface area contributed by atoms with Crippen molar-refractivity contribution in [2.75, 3.05) is 54.6 Å². The van der Waals surface area contributed by atoms with E-state index in [1.165, 1.54) is 40.3 Å². The number of fused-ring (bicyclic) bond motifs is 1. The summed E-state index contributed by atoms with van der Waals surface area (Å²) >= 11 is 1.28. The van der Waals surface area contributed by atoms with E-state index in [9.17, 15) is 19.2 Å². The zero-order chi connectivity index (χ0) is 32.6. The molecule has 4 aliphatic rings. The minimum absolute atomic E-state index is 0.0930. The number of hydrogen-bond acceptors (Lipinski definition) is 16. The number of rotatable bonds is 0. The number of nitrogens with zero attached hydrogens (tertiary/aromatic N) is 4. The van der Waals surface area contributed by atoms with Gasteiger partial charge in [-0.1, -0.05) is 6.08 Å². The number of hydroxylamine groups is 2. The van der Waals surface area contributed by atoms with Crippen LogP contribution in [-0.2, 0) is 38.1 Å². The van der Waals surface area contributed by atoms with E-state index in [-0.39, 0.29) is 32.8 Å². The molecule has 0 aliphatic carbocycles. The third kappa shape index (κ3) is 6.21. The minimum Gasteiger partial charge on any atom is -0.397 e. The smallest absolute Gasteiger partial charge is 0.397 e. The zero-order valence-corrected chi connectivity index (χ0v) is 27.3. The third-order valence-electron chi connectivity index (χ3n) is 7.39. The van der Waals surface area contributed by atoms with Gasteiger partial charge in [0.2, 0.25) is 0 Å². The molecular weight excluding hydrogens is 628 g/mol. The van der Waals surface area contributed by atoms with Crippen LogP contribution >= 0.6 is 24.3 Å². The molecule has 3 saturated heterocycles. The molecule has 4 amide bonds. The lowest BCUT2D eigenvalue weighted by molar-refractivity contribution is -0.378. The SMILES string of the molecule is CN1SN(C)C(=O)OC2(C=CCC3(NOC1=O)OCCOC3(C)C)OC(=O)N(C)SN(C)C(=O)ONC21OCCOC1(C)C. The number of nitrogens with one attached hydrogen (secondary N) is 2. The highest BCUT2D eigenvalue weighted by atomic mass is 32.2. The third-order valence-corrected chi connectivity index (χ3v) is 8.97. The molecule has 3 atom stereocenters. The second kappa shape index (κ2) is 12.6. The van der Waals surface area contributed by atoms with Crippen molar-refractivity contribution in [1.29, 1.82) is 0 Å². The van der Waals surface area contributed by atoms with Crippen LogP contribution in [0.5, 0.6) is 0 Å². The second-order valence-electron chi connectivity index (χ2n) is 11.0. The molecule has 0 saturated carbocycles. The van der Waals surface area contributed by atoms with Crippen molar-refractivity contribution >= 4 is 48.6 Å². The van der Waals surface area contributed by atoms with Gasteiger partial charge in [-0.2, -0.15) is 0 Å². The molecule has 0 aromatic heterocycles. The van der Waals surface area contributed by atoms with E-state index >= 15 is 0 Å². The average molecular weight is 667 g/mol. The van der Waals surface area contributed by atoms with Crippen molar-refractivity contribution in [3.8, 4) is 0 Å². The molecule has 3 fully saturated rings. The molecule has 0 radical (unpaired) electrons. The molecule has 0 bridgehead atoms. The molecule has 3 spiro atoms. The number of ether oxygens (including phenoxy) is 6. The van der Waals surface area contributed by atoms with E-state index in [4.69, 9.17) is 38.1 Å². The highest BCUT2D eigenvalue weighted by Crippen LogP contribution is 2.46. The van der Waals surface area contributed by atoms with Gasteiger partial charge in [-0.15, -0.1) is 11.0 Å². The van der Waals surface area contributed by atoms with E-state index < -0.39 is 52.8 Å². The quantitative estimate of drug-likeness (QED) is 0.218. The summed E-state index contributed by atoms with van der Waals surface area (Å²) in [5.41, 5.74) is -0.989. The summed E-state index contributed by atoms with van der Waals surface area (Å²) in [4.78, 5) is 63.9. The fourth-order valence-corrected chi connectivity index (χ4v) is 5.95. The molecule has 3 unspecified atom stereocenters. The molecule has 4 rings (SSSR count). The van der Waals surface area contributed by atoms with Gasteiger partial charge in [0.1, 0.15) is 11.2 Å². The van der Waals surface area contributed by atoms with Crippen LogP contribution in [0.25, 0.3) is 0 Å². The number of amides is 4. The first-order valence-corrected chi connectivity index (χ1v) is 14.9. The van der Waals surface area contributed by atoms with Crippen LogP contribution in [0.3, 0.4) is 0 Å². The first-order valence-electron chi connectivity index (χ1n) is 13.5. The van der Waals surface area contributed by atoms with Crippen molar-refractivity contribution in [2.24, 2.45) is 0 Å². The van der Waals surface area contributed by atoms with E-state index in [1.54, 1.807) is 27.7 Å². The normalized spacial score (nSPS) is 34.0. The van der Waals surface area contributed by atoms with Gasteiger partial charge < -0.3 is 38.1 Å². The Balaban J connectivity index is 1.94. The van der Waals surface area contributed by atoms with E-state index in [0.717, 1.165) is 17.2 Å². The van der Waals surface area contributed by atoms with Crippen LogP contribution in [0.1, 0.15) is 34.1 Å². The summed E-state index contributed by atoms with van der Waals surface area (Å²) in [6, 6.07) is 0. The number of carbonyl (C=O) groups excluding carboxylic acids is 4. The Morgan fingerprint density at radius 1 is 0.636 bits per heavy atom. The van der Waals surface area contributed by atoms with Crippen LogP contribution in [0, 0.1) is 0 Å². The van der Waals surface area contributed by atoms with E-state index in [1.807, 2.05) is 0 Å². The number of hydrogen-bond donors (Lipinski definition) is 2. The van der Waals surface area contributed by atoms with Crippen LogP contribution in [0.15, 0.2) is 12.2 Å². The summed E-state index contributed by atoms with van der Waals surface area (Å²) in [5.74, 6) is -2.54. The summed E-state index contributed by atoms with van der Waals surface area (Å²) < 4.78 is 40.3. The molecule has 0 aromatic carbocycles. The summed E-state index contributed by atoms with van der Waals surface area (Å²) in [5, 5.41) is 0. The molecular formula is C24H38N6O12S2. The highest BCUT2D eigenvalue weighted by Gasteiger charge is 2.70. The fraction of sp³-hybridized carbons (Fsp3) is 0.750. The molecule has 248 valence electrons. The standard InChI is InChI=1S/C24H38N6O12S2/c1-20(2)22(37-14-12-35-20)10-9-11-23(39-16(31)27(5)43-29(7)18(33)41-25-22)24(21(3,4)36-13-15-38-24)26-42-19(34)30(8)44-28(6)17(32)40-23/h9,11,25-26H,10,12-15H2,1-8H3. The van der Waals surface area contributed by atoms with Gasteiger partial charge in [-0.3, -0.25) is 0 Å². The Hall–Kier alpha value is -2.72. The fourth-order valence-electron chi connectivity index (χ4n) is 4.80. The van der Waals surface area contributed by atoms with Crippen LogP contribution in [-0.4, -0.2) is 125 Å². The largest absolute Gasteiger partial charge is 0.440 e. The molecule has 0 aromatic rings. The summed E-state index contributed by atoms with van der Waals surface area (Å²) in [6.07, 6.45) is -1.28. The maximum Gasteiger partial charge on any atom is 0.440 e. The van der Waals surface area contributed by atoms with Gasteiger partial charge in [0.25, 0.3) is 5.72 Å². The predicted octanol–water partition coefficient (Wildman–Crippen LogP) is 2.11. The van der Waals surface area contributed by atoms with E-state index in [2.05, 4.69) is 11.0 Å². The van der Waals surface area contributed by atoms with Crippen molar-refractivity contribution < 1.29 is 57.3 Å². The Morgan fingerprint density at radius 2 is 1.09 bits per heavy atom. The lowest BCUT2D eigenvalue weighted by Crippen LogP contribution is -2.79. The second-order valence-corrected chi connectivity index (χ2v) is 13.5. The van der Waals surface area contributed by atoms with E-state index in [0.29, 0.717) is 24.3 Å². The lowest BCUT2D eigenvalue weighted by atomic mass is 9.83. The molecule has 18 nitrogen and oxygen atoms in total. The van der Waals surface area contributed by atoms with Crippen LogP contribution in [0.2, 0.25) is 0 Å². The van der Waals surface area contributed by atoms with Gasteiger partial charge in [-0.25, -0.2) is 36.4 Å². The maximum absolute atomic E-state index is 13.7. The van der Waals surface area contributed by atoms with Crippen molar-refractivity contribution in [3.63, 3.8) is 0 Å². The zero-order valence-electron chi connectivity index (χ0n) is 25.7. The Kier molecular flexibility index (Phi) is 9.77. The lowest BCUT2D eigenvalue weighted by Gasteiger charge is -2.55. The molecule has 2 N–H and O–H groups in total. The first-order chi connectivity index (χ1) is 20.5. The van der Waals surface area contributed by atoms with Crippen molar-refractivity contribution in [2.45, 2.75) is 62.6 Å². The van der Waals surface area contributed by atoms with Crippen LogP contribution < -0.4 is 11.0 Å². The van der Waals surface area contributed by atoms with Gasteiger partial charge in [0.15, 0.2) is 5.72 Å². The Morgan fingerprint density at radius 3 is 1.61 bits per heavy atom. The average Bonchev–Trinajstić information content (AvgIpc) is 2.95. The molecule has 44 heavy (non-hydrogen) atoms. The molecule has 20 heteroatoms. The topological polar surface area (TPSA) is 179 Å². The molecule has 4 aliphatic heterocycles. The van der Waals surface area contributed by atoms with Gasteiger partial charge in [0, 0.05) is 40.7 Å². The number of carbonyl (C=O) groups is 4. The maximum atomic E-state index is 13.7. The summed E-state index contributed by atoms with van der Waals surface area (Å²) in [7, 11) is 5.39. The monoisotopic (exact) mass is 666 g/mol. The summed E-state index contributed by atoms with van der Waals surface area (Å²) in [6.45, 7) is 7.03. The minimum atomic E-state index is -2.54. The molecule has 4 heterocycles. The Bertz CT molecular complexity index is 1180. The highest BCUT2D eigenvalue weighted by molar-refractivity contribution is 7.95. The predicted molar refractivity (Wildman–Crippen MR) is 152 cm³/mol. The van der Waals surface area contributed by atoms with Crippen molar-refractivity contribution in [1.82, 2.24) is 28.2 Å². The van der Waals surface area contributed by atoms with Gasteiger partial charge in [-0.05, 0) is 27.7 Å². The van der Waals surface area contributed by atoms with Crippen LogP contribution in [0.4, 0.5) is 19.2 Å². The first kappa shape index (κ1) is 34.2. The Labute approximate surface area is 263 Å². The van der Waals surface area contributed by atoms with Crippen molar-refractivity contribution in [3.05, 3.63) is 12.2 Å². The van der Waals surface area contributed by atoms with Gasteiger partial charge >= 0.3 is 30.2 Å². The van der Waals surface area contributed by atoms with Gasteiger partial charge in [0.05, 0.1) is 50.7 Å².